The van der Waals surface area contributed by atoms with Crippen LogP contribution in [0.15, 0.2) is 78.9 Å². The Labute approximate surface area is 201 Å². The highest BCUT2D eigenvalue weighted by molar-refractivity contribution is 5.95. The van der Waals surface area contributed by atoms with E-state index < -0.39 is 29.3 Å². The fourth-order valence-electron chi connectivity index (χ4n) is 2.91. The largest absolute Gasteiger partial charge is 0.489 e. The molecule has 0 saturated carbocycles. The Kier molecular flexibility index (Phi) is 8.89. The third-order valence-electron chi connectivity index (χ3n) is 4.71. The number of hydrogen-bond donors (Lipinski definition) is 2. The van der Waals surface area contributed by atoms with E-state index in [-0.39, 0.29) is 24.2 Å². The van der Waals surface area contributed by atoms with Gasteiger partial charge in [0.05, 0.1) is 11.3 Å². The molecule has 0 heterocycles. The van der Waals surface area contributed by atoms with Crippen LogP contribution in [0.5, 0.6) is 5.75 Å². The molecule has 0 aliphatic heterocycles. The highest BCUT2D eigenvalue weighted by atomic mass is 16.6. The van der Waals surface area contributed by atoms with Crippen LogP contribution in [-0.4, -0.2) is 35.9 Å². The molecule has 0 aliphatic rings. The Morgan fingerprint density at radius 2 is 1.57 bits per heavy atom. The summed E-state index contributed by atoms with van der Waals surface area (Å²) in [4.78, 5) is 45.9. The van der Waals surface area contributed by atoms with Crippen LogP contribution in [0.2, 0.25) is 0 Å². The summed E-state index contributed by atoms with van der Waals surface area (Å²) in [6.07, 6.45) is -0.139. The topological polar surface area (TPSA) is 137 Å². The molecule has 0 unspecified atom stereocenters. The van der Waals surface area contributed by atoms with Crippen LogP contribution in [-0.2, 0) is 20.9 Å². The number of esters is 1. The number of carbonyl (C=O) groups excluding carboxylic acids is 3. The van der Waals surface area contributed by atoms with E-state index in [2.05, 4.69) is 10.6 Å². The predicted molar refractivity (Wildman–Crippen MR) is 127 cm³/mol. The number of carbonyl (C=O) groups is 3. The lowest BCUT2D eigenvalue weighted by molar-refractivity contribution is -0.384. The maximum atomic E-state index is 12.0. The van der Waals surface area contributed by atoms with Gasteiger partial charge in [-0.3, -0.25) is 24.5 Å². The van der Waals surface area contributed by atoms with Crippen molar-refractivity contribution in [2.45, 2.75) is 13.0 Å². The molecular formula is C25H23N3O7. The average Bonchev–Trinajstić information content (AvgIpc) is 2.87. The number of rotatable bonds is 11. The summed E-state index contributed by atoms with van der Waals surface area (Å²) in [5.41, 5.74) is 1.65. The molecule has 2 amide bonds. The lowest BCUT2D eigenvalue weighted by Crippen LogP contribution is -2.27. The van der Waals surface area contributed by atoms with E-state index in [4.69, 9.17) is 9.47 Å². The summed E-state index contributed by atoms with van der Waals surface area (Å²) in [5, 5.41) is 15.8. The molecule has 10 heteroatoms. The van der Waals surface area contributed by atoms with Crippen molar-refractivity contribution in [1.29, 1.82) is 0 Å². The molecule has 2 N–H and O–H groups in total. The predicted octanol–water partition coefficient (Wildman–Crippen LogP) is 3.48. The van der Waals surface area contributed by atoms with E-state index in [0.29, 0.717) is 18.0 Å². The van der Waals surface area contributed by atoms with Gasteiger partial charge in [0.15, 0.2) is 6.61 Å². The Balaban J connectivity index is 1.32. The zero-order chi connectivity index (χ0) is 25.0. The molecule has 10 nitrogen and oxygen atoms in total. The first-order valence-corrected chi connectivity index (χ1v) is 10.7. The van der Waals surface area contributed by atoms with Crippen LogP contribution in [0.25, 0.3) is 0 Å². The maximum absolute atomic E-state index is 12.0. The van der Waals surface area contributed by atoms with Crippen molar-refractivity contribution in [3.63, 3.8) is 0 Å². The molecule has 0 saturated heterocycles. The zero-order valence-electron chi connectivity index (χ0n) is 18.6. The molecule has 0 aromatic heterocycles. The van der Waals surface area contributed by atoms with Crippen molar-refractivity contribution in [2.75, 3.05) is 18.5 Å². The number of nitro groups is 1. The number of nitrogens with one attached hydrogen (secondary N) is 2. The van der Waals surface area contributed by atoms with Crippen molar-refractivity contribution >= 4 is 29.2 Å². The van der Waals surface area contributed by atoms with Crippen LogP contribution in [0.3, 0.4) is 0 Å². The molecule has 0 spiro atoms. The number of nitrogens with zero attached hydrogens (tertiary/aromatic N) is 1. The second-order valence-corrected chi connectivity index (χ2v) is 7.32. The first-order chi connectivity index (χ1) is 16.9. The summed E-state index contributed by atoms with van der Waals surface area (Å²) < 4.78 is 10.6. The second-order valence-electron chi connectivity index (χ2n) is 7.32. The van der Waals surface area contributed by atoms with Gasteiger partial charge in [-0.05, 0) is 42.0 Å². The average molecular weight is 477 g/mol. The Hall–Kier alpha value is -4.73. The Morgan fingerprint density at radius 1 is 0.886 bits per heavy atom. The molecule has 0 bridgehead atoms. The fourth-order valence-corrected chi connectivity index (χ4v) is 2.91. The summed E-state index contributed by atoms with van der Waals surface area (Å²) in [6.45, 7) is -0.0566. The van der Waals surface area contributed by atoms with Crippen molar-refractivity contribution in [2.24, 2.45) is 0 Å². The normalized spacial score (nSPS) is 10.2. The smallest absolute Gasteiger partial charge is 0.308 e. The van der Waals surface area contributed by atoms with Crippen LogP contribution in [0.1, 0.15) is 22.3 Å². The van der Waals surface area contributed by atoms with Crippen molar-refractivity contribution in [3.8, 4) is 5.75 Å². The SMILES string of the molecule is O=C(COC(=O)CCNC(=O)c1ccc([N+](=O)[O-])cc1)Nc1ccc(OCc2ccccc2)cc1. The number of non-ortho nitro benzene ring substituents is 1. The molecular weight excluding hydrogens is 454 g/mol. The van der Waals surface area contributed by atoms with Gasteiger partial charge in [-0.25, -0.2) is 0 Å². The monoisotopic (exact) mass is 477 g/mol. The summed E-state index contributed by atoms with van der Waals surface area (Å²) in [6, 6.07) is 21.6. The van der Waals surface area contributed by atoms with Crippen LogP contribution >= 0.6 is 0 Å². The minimum atomic E-state index is -0.659. The van der Waals surface area contributed by atoms with Gasteiger partial charge >= 0.3 is 5.97 Å². The molecule has 0 fully saturated rings. The van der Waals surface area contributed by atoms with Crippen molar-refractivity contribution < 1.29 is 28.8 Å². The van der Waals surface area contributed by atoms with Gasteiger partial charge in [-0.1, -0.05) is 30.3 Å². The lowest BCUT2D eigenvalue weighted by Gasteiger charge is -2.09. The van der Waals surface area contributed by atoms with Crippen LogP contribution < -0.4 is 15.4 Å². The van der Waals surface area contributed by atoms with E-state index in [0.717, 1.165) is 5.56 Å². The molecule has 0 radical (unpaired) electrons. The molecule has 35 heavy (non-hydrogen) atoms. The summed E-state index contributed by atoms with van der Waals surface area (Å²) in [5.74, 6) is -1.00. The van der Waals surface area contributed by atoms with Crippen LogP contribution in [0, 0.1) is 10.1 Å². The quantitative estimate of drug-likeness (QED) is 0.245. The van der Waals surface area contributed by atoms with E-state index in [1.807, 2.05) is 30.3 Å². The van der Waals surface area contributed by atoms with E-state index in [1.165, 1.54) is 24.3 Å². The number of hydrogen-bond acceptors (Lipinski definition) is 7. The van der Waals surface area contributed by atoms with Crippen LogP contribution in [0.4, 0.5) is 11.4 Å². The second kappa shape index (κ2) is 12.5. The number of benzene rings is 3. The standard InChI is InChI=1S/C25H23N3O7/c29-23(27-20-8-12-22(13-9-20)34-16-18-4-2-1-3-5-18)17-35-24(30)14-15-26-25(31)19-6-10-21(11-7-19)28(32)33/h1-13H,14-17H2,(H,26,31)(H,27,29). The molecule has 3 aromatic carbocycles. The third-order valence-corrected chi connectivity index (χ3v) is 4.71. The third kappa shape index (κ3) is 8.28. The molecule has 3 aromatic rings. The first-order valence-electron chi connectivity index (χ1n) is 10.7. The minimum absolute atomic E-state index is 0.0132. The number of amides is 2. The van der Waals surface area contributed by atoms with E-state index in [1.54, 1.807) is 24.3 Å². The highest BCUT2D eigenvalue weighted by Gasteiger charge is 2.11. The molecule has 3 rings (SSSR count). The van der Waals surface area contributed by atoms with Gasteiger partial charge in [-0.2, -0.15) is 0 Å². The minimum Gasteiger partial charge on any atom is -0.489 e. The number of ether oxygens (including phenoxy) is 2. The zero-order valence-corrected chi connectivity index (χ0v) is 18.6. The van der Waals surface area contributed by atoms with E-state index >= 15 is 0 Å². The molecule has 0 atom stereocenters. The van der Waals surface area contributed by atoms with Gasteiger partial charge in [0.2, 0.25) is 0 Å². The van der Waals surface area contributed by atoms with Crippen molar-refractivity contribution in [3.05, 3.63) is 100 Å². The van der Waals surface area contributed by atoms with Crippen molar-refractivity contribution in [1.82, 2.24) is 5.32 Å². The number of nitro benzene ring substituents is 1. The number of anilines is 1. The maximum Gasteiger partial charge on any atom is 0.308 e. The van der Waals surface area contributed by atoms with E-state index in [9.17, 15) is 24.5 Å². The fraction of sp³-hybridized carbons (Fsp3) is 0.160. The molecule has 180 valence electrons. The molecule has 0 aliphatic carbocycles. The van der Waals surface area contributed by atoms with Gasteiger partial charge in [0.1, 0.15) is 12.4 Å². The van der Waals surface area contributed by atoms with Gasteiger partial charge in [0.25, 0.3) is 17.5 Å². The van der Waals surface area contributed by atoms with Gasteiger partial charge in [0, 0.05) is 29.9 Å². The Bertz CT molecular complexity index is 1160. The highest BCUT2D eigenvalue weighted by Crippen LogP contribution is 2.17. The lowest BCUT2D eigenvalue weighted by atomic mass is 10.2. The summed E-state index contributed by atoms with van der Waals surface area (Å²) >= 11 is 0. The summed E-state index contributed by atoms with van der Waals surface area (Å²) in [7, 11) is 0. The first kappa shape index (κ1) is 24.9. The van der Waals surface area contributed by atoms with Gasteiger partial charge in [-0.15, -0.1) is 0 Å². The Morgan fingerprint density at radius 3 is 2.23 bits per heavy atom. The van der Waals surface area contributed by atoms with Gasteiger partial charge < -0.3 is 20.1 Å².